The molecule has 1 atom stereocenters. The lowest BCUT2D eigenvalue weighted by atomic mass is 9.76. The fourth-order valence-electron chi connectivity index (χ4n) is 6.33. The molecule has 1 saturated heterocycles. The van der Waals surface area contributed by atoms with Crippen molar-refractivity contribution in [3.05, 3.63) is 70.2 Å². The van der Waals surface area contributed by atoms with Crippen molar-refractivity contribution >= 4 is 29.1 Å². The third-order valence-electron chi connectivity index (χ3n) is 9.01. The summed E-state index contributed by atoms with van der Waals surface area (Å²) in [5.41, 5.74) is 4.24. The molecule has 2 aliphatic rings. The number of nitrogens with one attached hydrogen (secondary N) is 2. The van der Waals surface area contributed by atoms with Crippen molar-refractivity contribution in [3.8, 4) is 45.4 Å². The molecule has 1 amide bonds. The minimum absolute atomic E-state index is 0.0723. The van der Waals surface area contributed by atoms with Gasteiger partial charge in [0.1, 0.15) is 11.4 Å². The van der Waals surface area contributed by atoms with Crippen LogP contribution in [0.4, 0.5) is 0 Å². The van der Waals surface area contributed by atoms with Gasteiger partial charge in [0.15, 0.2) is 0 Å². The maximum atomic E-state index is 11.5. The average molecular weight is 694 g/mol. The number of aryl methyl sites for hydroxylation is 1. The summed E-state index contributed by atoms with van der Waals surface area (Å²) in [6.45, 7) is 0.146. The zero-order valence-electron chi connectivity index (χ0n) is 26.8. The SMILES string of the molecule is COc1nc(-c2cccc(-c3cccc(-c4cnc(CNC5CC(O)(CO)C5)c(OC)n4)c3Cl)c2Cl)cnc1CCC[C@@H]1CCC(=O)N1. The second-order valence-electron chi connectivity index (χ2n) is 12.3. The molecule has 0 spiro atoms. The van der Waals surface area contributed by atoms with Crippen LogP contribution in [0.5, 0.6) is 11.8 Å². The van der Waals surface area contributed by atoms with Crippen LogP contribution >= 0.6 is 23.2 Å². The van der Waals surface area contributed by atoms with Crippen LogP contribution in [0.3, 0.4) is 0 Å². The fraction of sp³-hybridized carbons (Fsp3) is 0.400. The fourth-order valence-corrected chi connectivity index (χ4v) is 6.98. The van der Waals surface area contributed by atoms with Crippen molar-refractivity contribution in [2.45, 2.75) is 69.2 Å². The second kappa shape index (κ2) is 14.7. The summed E-state index contributed by atoms with van der Waals surface area (Å²) >= 11 is 14.1. The smallest absolute Gasteiger partial charge is 0.237 e. The van der Waals surface area contributed by atoms with E-state index in [0.717, 1.165) is 25.0 Å². The lowest BCUT2D eigenvalue weighted by Gasteiger charge is -2.42. The average Bonchev–Trinajstić information content (AvgIpc) is 3.51. The summed E-state index contributed by atoms with van der Waals surface area (Å²) in [5, 5.41) is 26.6. The lowest BCUT2D eigenvalue weighted by Crippen LogP contribution is -2.55. The Morgan fingerprint density at radius 2 is 1.48 bits per heavy atom. The molecule has 252 valence electrons. The number of aromatic nitrogens is 4. The Hall–Kier alpha value is -3.87. The van der Waals surface area contributed by atoms with E-state index in [1.165, 1.54) is 7.11 Å². The second-order valence-corrected chi connectivity index (χ2v) is 13.1. The van der Waals surface area contributed by atoms with Gasteiger partial charge < -0.3 is 30.3 Å². The van der Waals surface area contributed by atoms with Gasteiger partial charge in [-0.15, -0.1) is 0 Å². The summed E-state index contributed by atoms with van der Waals surface area (Å²) in [7, 11) is 3.11. The molecule has 0 bridgehead atoms. The Labute approximate surface area is 289 Å². The number of amides is 1. The number of carbonyl (C=O) groups excluding carboxylic acids is 1. The van der Waals surface area contributed by atoms with Crippen LogP contribution in [0.25, 0.3) is 33.6 Å². The highest BCUT2D eigenvalue weighted by Gasteiger charge is 2.41. The molecule has 1 saturated carbocycles. The lowest BCUT2D eigenvalue weighted by molar-refractivity contribution is -0.119. The van der Waals surface area contributed by atoms with Crippen molar-refractivity contribution in [3.63, 3.8) is 0 Å². The first-order valence-corrected chi connectivity index (χ1v) is 16.7. The van der Waals surface area contributed by atoms with E-state index in [4.69, 9.17) is 42.6 Å². The van der Waals surface area contributed by atoms with E-state index in [9.17, 15) is 15.0 Å². The van der Waals surface area contributed by atoms with Crippen molar-refractivity contribution in [2.75, 3.05) is 20.8 Å². The molecule has 2 aromatic carbocycles. The molecule has 0 radical (unpaired) electrons. The molecule has 0 unspecified atom stereocenters. The Morgan fingerprint density at radius 3 is 2.02 bits per heavy atom. The van der Waals surface area contributed by atoms with Crippen LogP contribution in [0.2, 0.25) is 10.0 Å². The summed E-state index contributed by atoms with van der Waals surface area (Å²) < 4.78 is 11.2. The highest BCUT2D eigenvalue weighted by atomic mass is 35.5. The molecule has 3 heterocycles. The molecule has 4 N–H and O–H groups in total. The van der Waals surface area contributed by atoms with E-state index >= 15 is 0 Å². The van der Waals surface area contributed by atoms with Crippen molar-refractivity contribution in [1.29, 1.82) is 0 Å². The van der Waals surface area contributed by atoms with Crippen LogP contribution in [0, 0.1) is 0 Å². The van der Waals surface area contributed by atoms with Crippen LogP contribution in [-0.4, -0.2) is 74.6 Å². The minimum Gasteiger partial charge on any atom is -0.480 e. The molecule has 11 nitrogen and oxygen atoms in total. The Kier molecular flexibility index (Phi) is 10.4. The van der Waals surface area contributed by atoms with Gasteiger partial charge in [-0.25, -0.2) is 9.97 Å². The number of aliphatic hydroxyl groups excluding tert-OH is 1. The summed E-state index contributed by atoms with van der Waals surface area (Å²) in [6, 6.07) is 11.6. The van der Waals surface area contributed by atoms with Crippen LogP contribution in [0.15, 0.2) is 48.8 Å². The summed E-state index contributed by atoms with van der Waals surface area (Å²) in [5.74, 6) is 0.917. The topological polar surface area (TPSA) is 152 Å². The Morgan fingerprint density at radius 1 is 0.917 bits per heavy atom. The first-order chi connectivity index (χ1) is 23.2. The number of methoxy groups -OCH3 is 2. The monoisotopic (exact) mass is 692 g/mol. The first kappa shape index (κ1) is 34.0. The first-order valence-electron chi connectivity index (χ1n) is 16.0. The minimum atomic E-state index is -1.01. The maximum Gasteiger partial charge on any atom is 0.237 e. The van der Waals surface area contributed by atoms with E-state index in [1.807, 2.05) is 36.4 Å². The van der Waals surface area contributed by atoms with E-state index < -0.39 is 5.60 Å². The Balaban J connectivity index is 1.21. The van der Waals surface area contributed by atoms with Gasteiger partial charge in [-0.1, -0.05) is 59.6 Å². The predicted octanol–water partition coefficient (Wildman–Crippen LogP) is 5.17. The molecule has 1 aliphatic heterocycles. The van der Waals surface area contributed by atoms with Crippen LogP contribution < -0.4 is 20.1 Å². The standard InChI is InChI=1S/C35H38Cl2N6O5/c1-47-33-26(11-3-6-20-12-13-30(45)41-20)39-16-27(42-33)24-9-4-7-22(31(24)36)23-8-5-10-25(32(23)37)28-17-40-29(34(43-28)48-2)18-38-21-14-35(46,15-21)19-44/h4-5,7-10,16-17,20-21,38,44,46H,3,6,11-15,18-19H2,1-2H3,(H,41,45)/t20-,21?,35?/m1/s1. The molecule has 4 aromatic rings. The van der Waals surface area contributed by atoms with Gasteiger partial charge >= 0.3 is 0 Å². The van der Waals surface area contributed by atoms with E-state index in [0.29, 0.717) is 93.4 Å². The number of hydrogen-bond donors (Lipinski definition) is 4. The van der Waals surface area contributed by atoms with Gasteiger partial charge in [0.2, 0.25) is 17.7 Å². The predicted molar refractivity (Wildman–Crippen MR) is 183 cm³/mol. The molecular weight excluding hydrogens is 655 g/mol. The molecule has 48 heavy (non-hydrogen) atoms. The van der Waals surface area contributed by atoms with E-state index in [1.54, 1.807) is 19.5 Å². The highest BCUT2D eigenvalue weighted by Crippen LogP contribution is 2.42. The third kappa shape index (κ3) is 7.25. The molecule has 2 aromatic heterocycles. The van der Waals surface area contributed by atoms with Crippen LogP contribution in [0.1, 0.15) is 49.9 Å². The van der Waals surface area contributed by atoms with E-state index in [2.05, 4.69) is 20.6 Å². The largest absolute Gasteiger partial charge is 0.480 e. The summed E-state index contributed by atoms with van der Waals surface area (Å²) in [4.78, 5) is 30.2. The zero-order chi connectivity index (χ0) is 33.8. The number of hydrogen-bond acceptors (Lipinski definition) is 10. The summed E-state index contributed by atoms with van der Waals surface area (Å²) in [6.07, 6.45) is 8.17. The van der Waals surface area contributed by atoms with Gasteiger partial charge in [0.05, 0.1) is 60.3 Å². The normalized spacial score (nSPS) is 20.3. The molecule has 13 heteroatoms. The van der Waals surface area contributed by atoms with Crippen LogP contribution in [-0.2, 0) is 17.8 Å². The highest BCUT2D eigenvalue weighted by molar-refractivity contribution is 6.39. The number of halogens is 2. The molecular formula is C35H38Cl2N6O5. The van der Waals surface area contributed by atoms with Gasteiger partial charge in [0, 0.05) is 47.3 Å². The number of benzene rings is 2. The molecule has 6 rings (SSSR count). The number of nitrogens with zero attached hydrogens (tertiary/aromatic N) is 4. The van der Waals surface area contributed by atoms with Gasteiger partial charge in [-0.2, -0.15) is 0 Å². The van der Waals surface area contributed by atoms with Gasteiger partial charge in [-0.3, -0.25) is 14.8 Å². The number of ether oxygens (including phenoxy) is 2. The number of carbonyl (C=O) groups is 1. The van der Waals surface area contributed by atoms with Gasteiger partial charge in [0.25, 0.3) is 0 Å². The van der Waals surface area contributed by atoms with Gasteiger partial charge in [-0.05, 0) is 38.5 Å². The number of aliphatic hydroxyl groups is 2. The van der Waals surface area contributed by atoms with Crippen molar-refractivity contribution in [1.82, 2.24) is 30.6 Å². The molecule has 1 aliphatic carbocycles. The molecule has 2 fully saturated rings. The zero-order valence-corrected chi connectivity index (χ0v) is 28.3. The Bertz CT molecular complexity index is 1800. The number of rotatable bonds is 13. The van der Waals surface area contributed by atoms with E-state index in [-0.39, 0.29) is 24.6 Å². The van der Waals surface area contributed by atoms with Crippen molar-refractivity contribution < 1.29 is 24.5 Å². The third-order valence-corrected chi connectivity index (χ3v) is 9.82. The maximum absolute atomic E-state index is 11.5. The quantitative estimate of drug-likeness (QED) is 0.148. The van der Waals surface area contributed by atoms with Crippen molar-refractivity contribution in [2.24, 2.45) is 0 Å².